The number of carbonyl (C=O) groups excluding carboxylic acids is 2. The van der Waals surface area contributed by atoms with E-state index in [1.807, 2.05) is 72.6 Å². The van der Waals surface area contributed by atoms with Gasteiger partial charge in [0.2, 0.25) is 0 Å². The van der Waals surface area contributed by atoms with E-state index >= 15 is 0 Å². The highest BCUT2D eigenvalue weighted by atomic mass is 16.6. The summed E-state index contributed by atoms with van der Waals surface area (Å²) in [5, 5.41) is 15.1. The Bertz CT molecular complexity index is 1210. The lowest BCUT2D eigenvalue weighted by Crippen LogP contribution is -2.42. The number of hydrogen-bond acceptors (Lipinski definition) is 6. The van der Waals surface area contributed by atoms with E-state index in [0.29, 0.717) is 36.3 Å². The molecule has 35 heavy (non-hydrogen) atoms. The Morgan fingerprint density at radius 1 is 1.03 bits per heavy atom. The first kappa shape index (κ1) is 23.1. The number of amides is 2. The third-order valence-electron chi connectivity index (χ3n) is 6.29. The Morgan fingerprint density at radius 3 is 2.51 bits per heavy atom. The van der Waals surface area contributed by atoms with Gasteiger partial charge in [-0.2, -0.15) is 0 Å². The number of tetrazole rings is 1. The number of rotatable bonds is 5. The summed E-state index contributed by atoms with van der Waals surface area (Å²) in [4.78, 5) is 27.3. The van der Waals surface area contributed by atoms with Crippen LogP contribution in [0, 0.1) is 0 Å². The largest absolute Gasteiger partial charge is 0.444 e. The molecule has 5 rings (SSSR count). The number of nitrogens with one attached hydrogen (secondary N) is 1. The zero-order valence-electron chi connectivity index (χ0n) is 20.3. The Balaban J connectivity index is 1.25. The van der Waals surface area contributed by atoms with Crippen LogP contribution in [0.5, 0.6) is 0 Å². The van der Waals surface area contributed by atoms with Crippen LogP contribution in [-0.4, -0.2) is 60.4 Å². The van der Waals surface area contributed by atoms with Crippen molar-refractivity contribution >= 4 is 17.7 Å². The number of anilines is 1. The number of hydrogen-bond donors (Lipinski definition) is 1. The van der Waals surface area contributed by atoms with Gasteiger partial charge >= 0.3 is 6.09 Å². The van der Waals surface area contributed by atoms with Crippen molar-refractivity contribution in [2.75, 3.05) is 18.4 Å². The number of ether oxygens (including phenoxy) is 1. The SMILES string of the molecule is CC(C)(C)OC(=O)N1CCC(n2cccc2C(=O)Nc2cccc(-c3nnnn3C3CC3)c2)CC1. The summed E-state index contributed by atoms with van der Waals surface area (Å²) in [6.07, 6.45) is 5.34. The van der Waals surface area contributed by atoms with E-state index in [4.69, 9.17) is 4.74 Å². The molecule has 0 unspecified atom stereocenters. The van der Waals surface area contributed by atoms with Gasteiger partial charge in [-0.3, -0.25) is 4.79 Å². The van der Waals surface area contributed by atoms with E-state index in [-0.39, 0.29) is 18.0 Å². The van der Waals surface area contributed by atoms with Crippen molar-refractivity contribution in [1.82, 2.24) is 29.7 Å². The quantitative estimate of drug-likeness (QED) is 0.587. The molecular formula is C25H31N7O3. The van der Waals surface area contributed by atoms with E-state index in [9.17, 15) is 9.59 Å². The molecule has 184 valence electrons. The highest BCUT2D eigenvalue weighted by Gasteiger charge is 2.30. The monoisotopic (exact) mass is 477 g/mol. The number of aromatic nitrogens is 5. The second kappa shape index (κ2) is 9.16. The first-order valence-corrected chi connectivity index (χ1v) is 12.1. The van der Waals surface area contributed by atoms with E-state index in [0.717, 1.165) is 31.2 Å². The molecule has 0 spiro atoms. The topological polar surface area (TPSA) is 107 Å². The maximum atomic E-state index is 13.2. The van der Waals surface area contributed by atoms with Gasteiger partial charge in [0.1, 0.15) is 11.3 Å². The summed E-state index contributed by atoms with van der Waals surface area (Å²) in [6, 6.07) is 11.8. The van der Waals surface area contributed by atoms with Gasteiger partial charge in [0.05, 0.1) is 6.04 Å². The first-order chi connectivity index (χ1) is 16.8. The average molecular weight is 478 g/mol. The molecule has 3 heterocycles. The maximum Gasteiger partial charge on any atom is 0.410 e. The summed E-state index contributed by atoms with van der Waals surface area (Å²) in [6.45, 7) is 6.79. The van der Waals surface area contributed by atoms with Crippen LogP contribution in [0.3, 0.4) is 0 Å². The Morgan fingerprint density at radius 2 is 1.80 bits per heavy atom. The third-order valence-corrected chi connectivity index (χ3v) is 6.29. The maximum absolute atomic E-state index is 13.2. The van der Waals surface area contributed by atoms with E-state index in [2.05, 4.69) is 20.8 Å². The van der Waals surface area contributed by atoms with Crippen molar-refractivity contribution in [3.8, 4) is 11.4 Å². The predicted octanol–water partition coefficient (Wildman–Crippen LogP) is 4.30. The predicted molar refractivity (Wildman–Crippen MR) is 130 cm³/mol. The van der Waals surface area contributed by atoms with Crippen LogP contribution in [0.15, 0.2) is 42.6 Å². The summed E-state index contributed by atoms with van der Waals surface area (Å²) >= 11 is 0. The molecule has 1 aliphatic heterocycles. The summed E-state index contributed by atoms with van der Waals surface area (Å²) in [5.41, 5.74) is 1.63. The Labute approximate surface area is 204 Å². The van der Waals surface area contributed by atoms with Crippen molar-refractivity contribution in [2.45, 2.75) is 64.1 Å². The summed E-state index contributed by atoms with van der Waals surface area (Å²) in [7, 11) is 0. The van der Waals surface area contributed by atoms with Gasteiger partial charge in [0, 0.05) is 36.6 Å². The first-order valence-electron chi connectivity index (χ1n) is 12.1. The minimum absolute atomic E-state index is 0.138. The lowest BCUT2D eigenvalue weighted by molar-refractivity contribution is 0.0187. The van der Waals surface area contributed by atoms with Crippen LogP contribution in [0.25, 0.3) is 11.4 Å². The molecule has 2 aromatic heterocycles. The molecule has 1 aromatic carbocycles. The molecule has 0 atom stereocenters. The molecule has 0 radical (unpaired) electrons. The molecule has 2 aliphatic rings. The van der Waals surface area contributed by atoms with Gasteiger partial charge in [-0.1, -0.05) is 12.1 Å². The fourth-order valence-corrected chi connectivity index (χ4v) is 4.44. The Hall–Kier alpha value is -3.69. The standard InChI is InChI=1S/C25H31N7O3/c1-25(2,3)35-24(34)30-14-11-19(12-15-30)31-13-5-8-21(31)23(33)26-18-7-4-6-17(16-18)22-27-28-29-32(22)20-9-10-20/h4-8,13,16,19-20H,9-12,14-15H2,1-3H3,(H,26,33). The van der Waals surface area contributed by atoms with Crippen molar-refractivity contribution < 1.29 is 14.3 Å². The average Bonchev–Trinajstić information content (AvgIpc) is 3.33. The van der Waals surface area contributed by atoms with Gasteiger partial charge in [-0.15, -0.1) is 5.10 Å². The van der Waals surface area contributed by atoms with Gasteiger partial charge < -0.3 is 19.5 Å². The normalized spacial score (nSPS) is 16.8. The molecule has 2 fully saturated rings. The summed E-state index contributed by atoms with van der Waals surface area (Å²) in [5.74, 6) is 0.534. The van der Waals surface area contributed by atoms with Gasteiger partial charge in [-0.05, 0) is 81.1 Å². The smallest absolute Gasteiger partial charge is 0.410 e. The van der Waals surface area contributed by atoms with Crippen molar-refractivity contribution in [3.05, 3.63) is 48.3 Å². The lowest BCUT2D eigenvalue weighted by atomic mass is 10.0. The number of benzene rings is 1. The van der Waals surface area contributed by atoms with E-state index in [1.165, 1.54) is 0 Å². The summed E-state index contributed by atoms with van der Waals surface area (Å²) < 4.78 is 9.36. The van der Waals surface area contributed by atoms with Crippen molar-refractivity contribution in [1.29, 1.82) is 0 Å². The lowest BCUT2D eigenvalue weighted by Gasteiger charge is -2.34. The molecule has 1 N–H and O–H groups in total. The molecule has 1 saturated heterocycles. The van der Waals surface area contributed by atoms with Crippen LogP contribution >= 0.6 is 0 Å². The molecule has 1 saturated carbocycles. The molecule has 2 amide bonds. The molecular weight excluding hydrogens is 446 g/mol. The second-order valence-electron chi connectivity index (χ2n) is 10.2. The van der Waals surface area contributed by atoms with Crippen molar-refractivity contribution in [3.63, 3.8) is 0 Å². The highest BCUT2D eigenvalue weighted by molar-refractivity contribution is 6.03. The zero-order valence-corrected chi connectivity index (χ0v) is 20.3. The number of likely N-dealkylation sites (tertiary alicyclic amines) is 1. The van der Waals surface area contributed by atoms with Gasteiger partial charge in [0.25, 0.3) is 5.91 Å². The minimum atomic E-state index is -0.513. The fraction of sp³-hybridized carbons (Fsp3) is 0.480. The van der Waals surface area contributed by atoms with Crippen LogP contribution in [0.4, 0.5) is 10.5 Å². The van der Waals surface area contributed by atoms with Crippen LogP contribution in [0.2, 0.25) is 0 Å². The molecule has 10 nitrogen and oxygen atoms in total. The van der Waals surface area contributed by atoms with E-state index < -0.39 is 5.60 Å². The minimum Gasteiger partial charge on any atom is -0.444 e. The molecule has 0 bridgehead atoms. The third kappa shape index (κ3) is 5.21. The number of piperidine rings is 1. The molecule has 3 aromatic rings. The Kier molecular flexibility index (Phi) is 6.04. The van der Waals surface area contributed by atoms with E-state index in [1.54, 1.807) is 4.90 Å². The van der Waals surface area contributed by atoms with Gasteiger partial charge in [0.15, 0.2) is 5.82 Å². The molecule has 10 heteroatoms. The van der Waals surface area contributed by atoms with Crippen LogP contribution in [0.1, 0.15) is 69.0 Å². The highest BCUT2D eigenvalue weighted by Crippen LogP contribution is 2.37. The number of nitrogens with zero attached hydrogens (tertiary/aromatic N) is 6. The second-order valence-corrected chi connectivity index (χ2v) is 10.2. The van der Waals surface area contributed by atoms with Gasteiger partial charge in [-0.25, -0.2) is 9.48 Å². The van der Waals surface area contributed by atoms with Crippen molar-refractivity contribution in [2.24, 2.45) is 0 Å². The zero-order chi connectivity index (χ0) is 24.6. The fourth-order valence-electron chi connectivity index (χ4n) is 4.44. The number of carbonyl (C=O) groups is 2. The molecule has 1 aliphatic carbocycles. The van der Waals surface area contributed by atoms with Crippen LogP contribution in [-0.2, 0) is 4.74 Å². The van der Waals surface area contributed by atoms with Crippen LogP contribution < -0.4 is 5.32 Å².